The monoisotopic (exact) mass is 334 g/mol. The van der Waals surface area contributed by atoms with Gasteiger partial charge < -0.3 is 5.32 Å². The van der Waals surface area contributed by atoms with E-state index in [1.165, 1.54) is 25.7 Å². The molecule has 2 heterocycles. The number of benzene rings is 1. The van der Waals surface area contributed by atoms with Gasteiger partial charge in [0.2, 0.25) is 0 Å². The van der Waals surface area contributed by atoms with E-state index in [9.17, 15) is 4.79 Å². The Morgan fingerprint density at radius 2 is 1.76 bits per heavy atom. The first-order valence-electron chi connectivity index (χ1n) is 8.65. The summed E-state index contributed by atoms with van der Waals surface area (Å²) in [6.45, 7) is 0. The summed E-state index contributed by atoms with van der Waals surface area (Å²) in [6, 6.07) is 9.38. The largest absolute Gasteiger partial charge is 0.321 e. The van der Waals surface area contributed by atoms with Crippen molar-refractivity contribution in [3.8, 4) is 11.4 Å². The molecule has 0 aliphatic heterocycles. The number of hydrogen-bond donors (Lipinski definition) is 3. The Balaban J connectivity index is 1.28. The second kappa shape index (κ2) is 5.54. The number of hydrogen-bond acceptors (Lipinski definition) is 4. The molecule has 2 aliphatic carbocycles. The molecule has 1 amide bonds. The average molecular weight is 334 g/mol. The van der Waals surface area contributed by atoms with Crippen LogP contribution < -0.4 is 5.32 Å². The molecule has 7 nitrogen and oxygen atoms in total. The van der Waals surface area contributed by atoms with Crippen molar-refractivity contribution in [1.29, 1.82) is 0 Å². The van der Waals surface area contributed by atoms with Crippen molar-refractivity contribution < 1.29 is 4.79 Å². The number of nitrogens with zero attached hydrogens (tertiary/aromatic N) is 3. The van der Waals surface area contributed by atoms with E-state index in [-0.39, 0.29) is 5.91 Å². The lowest BCUT2D eigenvalue weighted by Crippen LogP contribution is -2.12. The second-order valence-corrected chi connectivity index (χ2v) is 6.83. The predicted molar refractivity (Wildman–Crippen MR) is 92.3 cm³/mol. The topological polar surface area (TPSA) is 99.4 Å². The zero-order valence-corrected chi connectivity index (χ0v) is 13.6. The van der Waals surface area contributed by atoms with Gasteiger partial charge in [-0.2, -0.15) is 10.2 Å². The minimum absolute atomic E-state index is 0.204. The quantitative estimate of drug-likeness (QED) is 0.667. The van der Waals surface area contributed by atoms with E-state index in [2.05, 4.69) is 30.7 Å². The highest BCUT2D eigenvalue weighted by Crippen LogP contribution is 2.39. The lowest BCUT2D eigenvalue weighted by Gasteiger charge is -2.03. The zero-order valence-electron chi connectivity index (χ0n) is 13.6. The van der Waals surface area contributed by atoms with Crippen molar-refractivity contribution in [1.82, 2.24) is 25.4 Å². The summed E-state index contributed by atoms with van der Waals surface area (Å²) < 4.78 is 0. The third kappa shape index (κ3) is 2.93. The maximum atomic E-state index is 12.3. The fourth-order valence-corrected chi connectivity index (χ4v) is 2.90. The van der Waals surface area contributed by atoms with Crippen LogP contribution in [0.3, 0.4) is 0 Å². The lowest BCUT2D eigenvalue weighted by atomic mass is 10.2. The van der Waals surface area contributed by atoms with Crippen molar-refractivity contribution in [2.24, 2.45) is 0 Å². The Morgan fingerprint density at radius 1 is 1.00 bits per heavy atom. The molecule has 2 saturated carbocycles. The van der Waals surface area contributed by atoms with E-state index in [0.717, 1.165) is 22.8 Å². The molecule has 0 unspecified atom stereocenters. The lowest BCUT2D eigenvalue weighted by molar-refractivity contribution is 0.102. The molecular formula is C18H18N6O. The van der Waals surface area contributed by atoms with Crippen LogP contribution in [0.1, 0.15) is 59.5 Å². The molecule has 3 aromatic rings. The molecule has 0 bridgehead atoms. The molecule has 3 N–H and O–H groups in total. The van der Waals surface area contributed by atoms with Gasteiger partial charge in [-0.1, -0.05) is 0 Å². The number of carbonyl (C=O) groups excluding carboxylic acids is 1. The van der Waals surface area contributed by atoms with Crippen LogP contribution in [0.5, 0.6) is 0 Å². The maximum Gasteiger partial charge on any atom is 0.276 e. The minimum Gasteiger partial charge on any atom is -0.321 e. The molecular weight excluding hydrogens is 316 g/mol. The summed E-state index contributed by atoms with van der Waals surface area (Å²) in [5, 5.41) is 17.2. The van der Waals surface area contributed by atoms with E-state index in [0.29, 0.717) is 23.4 Å². The van der Waals surface area contributed by atoms with Gasteiger partial charge in [-0.05, 0) is 56.0 Å². The van der Waals surface area contributed by atoms with Crippen LogP contribution in [0.15, 0.2) is 30.3 Å². The highest BCUT2D eigenvalue weighted by Gasteiger charge is 2.27. The maximum absolute atomic E-state index is 12.3. The highest BCUT2D eigenvalue weighted by molar-refractivity contribution is 6.03. The van der Waals surface area contributed by atoms with E-state index < -0.39 is 0 Å². The number of amides is 1. The Hall–Kier alpha value is -2.96. The SMILES string of the molecule is O=C(Nc1ccc(-c2n[nH]c(C3CC3)n2)cc1)c1cc(C2CC2)[nH]n1. The molecule has 5 rings (SSSR count). The van der Waals surface area contributed by atoms with Gasteiger partial charge in [0.15, 0.2) is 11.5 Å². The Bertz CT molecular complexity index is 917. The van der Waals surface area contributed by atoms with Crippen LogP contribution >= 0.6 is 0 Å². The van der Waals surface area contributed by atoms with E-state index in [1.54, 1.807) is 0 Å². The third-order valence-electron chi connectivity index (χ3n) is 4.72. The van der Waals surface area contributed by atoms with Crippen LogP contribution in [0, 0.1) is 0 Å². The fourth-order valence-electron chi connectivity index (χ4n) is 2.90. The smallest absolute Gasteiger partial charge is 0.276 e. The van der Waals surface area contributed by atoms with Gasteiger partial charge in [-0.3, -0.25) is 15.0 Å². The molecule has 7 heteroatoms. The number of aromatic amines is 2. The standard InChI is InChI=1S/C18H18N6O/c25-18(15-9-14(21-22-15)10-1-2-10)19-13-7-5-12(6-8-13)17-20-16(23-24-17)11-3-4-11/h5-11H,1-4H2,(H,19,25)(H,21,22)(H,20,23,24). The highest BCUT2D eigenvalue weighted by atomic mass is 16.1. The van der Waals surface area contributed by atoms with Gasteiger partial charge in [0.1, 0.15) is 5.82 Å². The first kappa shape index (κ1) is 14.4. The predicted octanol–water partition coefficient (Wildman–Crippen LogP) is 3.20. The number of aromatic nitrogens is 5. The van der Waals surface area contributed by atoms with E-state index in [1.807, 2.05) is 30.3 Å². The number of carbonyl (C=O) groups is 1. The molecule has 2 aromatic heterocycles. The number of nitrogens with one attached hydrogen (secondary N) is 3. The van der Waals surface area contributed by atoms with Crippen LogP contribution in [0.2, 0.25) is 0 Å². The van der Waals surface area contributed by atoms with Crippen LogP contribution in [-0.2, 0) is 0 Å². The summed E-state index contributed by atoms with van der Waals surface area (Å²) in [6.07, 6.45) is 4.73. The molecule has 0 spiro atoms. The molecule has 0 radical (unpaired) electrons. The van der Waals surface area contributed by atoms with Crippen LogP contribution in [0.4, 0.5) is 5.69 Å². The summed E-state index contributed by atoms with van der Waals surface area (Å²) in [7, 11) is 0. The summed E-state index contributed by atoms with van der Waals surface area (Å²) >= 11 is 0. The molecule has 1 aromatic carbocycles. The molecule has 0 atom stereocenters. The number of anilines is 1. The van der Waals surface area contributed by atoms with Gasteiger partial charge in [0.05, 0.1) is 0 Å². The average Bonchev–Trinajstić information content (AvgIpc) is 3.57. The first-order chi connectivity index (χ1) is 12.3. The van der Waals surface area contributed by atoms with E-state index in [4.69, 9.17) is 0 Å². The van der Waals surface area contributed by atoms with Gasteiger partial charge in [0.25, 0.3) is 5.91 Å². The van der Waals surface area contributed by atoms with Crippen LogP contribution in [-0.4, -0.2) is 31.3 Å². The Kier molecular flexibility index (Phi) is 3.19. The molecule has 2 fully saturated rings. The van der Waals surface area contributed by atoms with Gasteiger partial charge >= 0.3 is 0 Å². The van der Waals surface area contributed by atoms with Crippen LogP contribution in [0.25, 0.3) is 11.4 Å². The van der Waals surface area contributed by atoms with Gasteiger partial charge in [-0.25, -0.2) is 4.98 Å². The molecule has 25 heavy (non-hydrogen) atoms. The molecule has 126 valence electrons. The Labute approximate surface area is 144 Å². The second-order valence-electron chi connectivity index (χ2n) is 6.83. The minimum atomic E-state index is -0.204. The molecule has 0 saturated heterocycles. The number of rotatable bonds is 5. The van der Waals surface area contributed by atoms with Crippen molar-refractivity contribution in [3.63, 3.8) is 0 Å². The zero-order chi connectivity index (χ0) is 16.8. The van der Waals surface area contributed by atoms with Gasteiger partial charge in [-0.15, -0.1) is 0 Å². The summed E-state index contributed by atoms with van der Waals surface area (Å²) in [4.78, 5) is 16.8. The summed E-state index contributed by atoms with van der Waals surface area (Å²) in [5.74, 6) is 2.56. The van der Waals surface area contributed by atoms with Crippen molar-refractivity contribution >= 4 is 11.6 Å². The normalized spacial score (nSPS) is 16.8. The Morgan fingerprint density at radius 3 is 2.48 bits per heavy atom. The number of H-pyrrole nitrogens is 2. The van der Waals surface area contributed by atoms with Gasteiger partial charge in [0, 0.05) is 28.8 Å². The summed E-state index contributed by atoms with van der Waals surface area (Å²) in [5.41, 5.74) is 3.13. The first-order valence-corrected chi connectivity index (χ1v) is 8.65. The third-order valence-corrected chi connectivity index (χ3v) is 4.72. The fraction of sp³-hybridized carbons (Fsp3) is 0.333. The van der Waals surface area contributed by atoms with Crippen molar-refractivity contribution in [2.75, 3.05) is 5.32 Å². The van der Waals surface area contributed by atoms with Crippen molar-refractivity contribution in [3.05, 3.63) is 47.5 Å². The van der Waals surface area contributed by atoms with Crippen molar-refractivity contribution in [2.45, 2.75) is 37.5 Å². The molecule has 2 aliphatic rings. The van der Waals surface area contributed by atoms with E-state index >= 15 is 0 Å².